The van der Waals surface area contributed by atoms with Gasteiger partial charge in [0, 0.05) is 17.8 Å². The molecule has 0 aromatic carbocycles. The van der Waals surface area contributed by atoms with Crippen LogP contribution in [0, 0.1) is 13.8 Å². The van der Waals surface area contributed by atoms with Crippen LogP contribution in [0.25, 0.3) is 10.6 Å². The zero-order chi connectivity index (χ0) is 19.5. The van der Waals surface area contributed by atoms with Gasteiger partial charge in [-0.1, -0.05) is 6.07 Å². The molecule has 0 aliphatic rings. The summed E-state index contributed by atoms with van der Waals surface area (Å²) in [7, 11) is 0. The van der Waals surface area contributed by atoms with Gasteiger partial charge in [0.1, 0.15) is 11.6 Å². The third-order valence-corrected chi connectivity index (χ3v) is 5.66. The first-order chi connectivity index (χ1) is 13.6. The second kappa shape index (κ2) is 7.83. The van der Waals surface area contributed by atoms with Gasteiger partial charge in [0.25, 0.3) is 5.91 Å². The average molecular weight is 409 g/mol. The van der Waals surface area contributed by atoms with Gasteiger partial charge in [-0.15, -0.1) is 22.7 Å². The normalized spacial score (nSPS) is 10.6. The molecule has 0 aliphatic heterocycles. The van der Waals surface area contributed by atoms with Crippen molar-refractivity contribution in [2.24, 2.45) is 0 Å². The van der Waals surface area contributed by atoms with E-state index in [2.05, 4.69) is 30.6 Å². The summed E-state index contributed by atoms with van der Waals surface area (Å²) in [5.41, 5.74) is 2.34. The highest BCUT2D eigenvalue weighted by atomic mass is 32.1. The number of hydrogen-bond acceptors (Lipinski definition) is 8. The Kier molecular flexibility index (Phi) is 5.09. The number of nitrogens with zero attached hydrogens (tertiary/aromatic N) is 4. The van der Waals surface area contributed by atoms with Gasteiger partial charge < -0.3 is 10.6 Å². The molecule has 7 nitrogen and oxygen atoms in total. The number of carbonyl (C=O) groups is 1. The van der Waals surface area contributed by atoms with E-state index in [-0.39, 0.29) is 5.91 Å². The minimum absolute atomic E-state index is 0.259. The Hall–Kier alpha value is -3.17. The van der Waals surface area contributed by atoms with Crippen LogP contribution >= 0.6 is 22.7 Å². The molecule has 0 aliphatic carbocycles. The molecule has 28 heavy (non-hydrogen) atoms. The summed E-state index contributed by atoms with van der Waals surface area (Å²) in [6.07, 6.45) is 3.14. The maximum Gasteiger partial charge on any atom is 0.258 e. The standard InChI is InChI=1S/C19H16N6OS2/c1-11-17(28-12(2)22-11)14-10-27-19(23-14)25-16-7-6-13(9-21-16)18(26)24-15-5-3-4-8-20-15/h3-10H,1-2H3,(H,20,24,26)(H,21,23,25). The Bertz CT molecular complexity index is 1110. The third kappa shape index (κ3) is 4.05. The van der Waals surface area contributed by atoms with Crippen molar-refractivity contribution in [2.45, 2.75) is 13.8 Å². The maximum atomic E-state index is 12.3. The van der Waals surface area contributed by atoms with Crippen LogP contribution in [0.1, 0.15) is 21.1 Å². The van der Waals surface area contributed by atoms with Crippen molar-refractivity contribution >= 4 is 45.3 Å². The molecule has 1 amide bonds. The highest BCUT2D eigenvalue weighted by Gasteiger charge is 2.12. The first-order valence-corrected chi connectivity index (χ1v) is 10.1. The SMILES string of the molecule is Cc1nc(C)c(-c2csc(Nc3ccc(C(=O)Nc4ccccn4)cn3)n2)s1. The number of amides is 1. The molecule has 0 unspecified atom stereocenters. The fourth-order valence-electron chi connectivity index (χ4n) is 2.54. The largest absolute Gasteiger partial charge is 0.316 e. The van der Waals surface area contributed by atoms with Crippen LogP contribution in [0.4, 0.5) is 16.8 Å². The van der Waals surface area contributed by atoms with Crippen LogP contribution < -0.4 is 10.6 Å². The van der Waals surface area contributed by atoms with E-state index in [1.807, 2.05) is 25.3 Å². The molecule has 2 N–H and O–H groups in total. The molecule has 4 aromatic heterocycles. The van der Waals surface area contributed by atoms with E-state index in [1.165, 1.54) is 17.5 Å². The number of rotatable bonds is 5. The van der Waals surface area contributed by atoms with E-state index >= 15 is 0 Å². The predicted octanol–water partition coefficient (Wildman–Crippen LogP) is 4.67. The van der Waals surface area contributed by atoms with Gasteiger partial charge in [-0.2, -0.15) is 0 Å². The molecule has 140 valence electrons. The van der Waals surface area contributed by atoms with Crippen molar-refractivity contribution in [2.75, 3.05) is 10.6 Å². The topological polar surface area (TPSA) is 92.7 Å². The lowest BCUT2D eigenvalue weighted by Crippen LogP contribution is -2.13. The van der Waals surface area contributed by atoms with Crippen LogP contribution in [0.2, 0.25) is 0 Å². The van der Waals surface area contributed by atoms with Crippen LogP contribution in [-0.2, 0) is 0 Å². The lowest BCUT2D eigenvalue weighted by Gasteiger charge is -2.05. The number of aromatic nitrogens is 4. The monoisotopic (exact) mass is 408 g/mol. The van der Waals surface area contributed by atoms with Gasteiger partial charge in [0.05, 0.1) is 26.8 Å². The summed E-state index contributed by atoms with van der Waals surface area (Å²) in [6, 6.07) is 8.79. The van der Waals surface area contributed by atoms with E-state index in [4.69, 9.17) is 0 Å². The zero-order valence-corrected chi connectivity index (χ0v) is 16.8. The lowest BCUT2D eigenvalue weighted by atomic mass is 10.2. The second-order valence-corrected chi connectivity index (χ2v) is 7.97. The second-order valence-electron chi connectivity index (χ2n) is 5.91. The van der Waals surface area contributed by atoms with Gasteiger partial charge in [0.15, 0.2) is 5.13 Å². The molecular formula is C19H16N6OS2. The van der Waals surface area contributed by atoms with Gasteiger partial charge in [-0.05, 0) is 38.1 Å². The van der Waals surface area contributed by atoms with Gasteiger partial charge >= 0.3 is 0 Å². The zero-order valence-electron chi connectivity index (χ0n) is 15.1. The fourth-order valence-corrected chi connectivity index (χ4v) is 4.20. The quantitative estimate of drug-likeness (QED) is 0.498. The predicted molar refractivity (Wildman–Crippen MR) is 112 cm³/mol. The average Bonchev–Trinajstić information content (AvgIpc) is 3.28. The van der Waals surface area contributed by atoms with E-state index < -0.39 is 0 Å². The van der Waals surface area contributed by atoms with Crippen molar-refractivity contribution in [1.82, 2.24) is 19.9 Å². The first-order valence-electron chi connectivity index (χ1n) is 8.44. The number of nitrogens with one attached hydrogen (secondary N) is 2. The summed E-state index contributed by atoms with van der Waals surface area (Å²) in [6.45, 7) is 3.98. The lowest BCUT2D eigenvalue weighted by molar-refractivity contribution is 0.102. The molecule has 9 heteroatoms. The summed E-state index contributed by atoms with van der Waals surface area (Å²) >= 11 is 3.13. The minimum atomic E-state index is -0.259. The Labute approximate surface area is 169 Å². The third-order valence-electron chi connectivity index (χ3n) is 3.81. The Morgan fingerprint density at radius 1 is 1.04 bits per heavy atom. The first kappa shape index (κ1) is 18.2. The summed E-state index contributed by atoms with van der Waals surface area (Å²) in [5, 5.41) is 9.66. The molecule has 0 fully saturated rings. The molecule has 0 bridgehead atoms. The number of carbonyl (C=O) groups excluding carboxylic acids is 1. The smallest absolute Gasteiger partial charge is 0.258 e. The number of thiazole rings is 2. The minimum Gasteiger partial charge on any atom is -0.316 e. The number of anilines is 3. The van der Waals surface area contributed by atoms with Crippen molar-refractivity contribution < 1.29 is 4.79 Å². The van der Waals surface area contributed by atoms with Gasteiger partial charge in [-0.25, -0.2) is 19.9 Å². The highest BCUT2D eigenvalue weighted by molar-refractivity contribution is 7.16. The molecule has 0 saturated heterocycles. The number of pyridine rings is 2. The molecule has 4 aromatic rings. The number of aryl methyl sites for hydroxylation is 2. The van der Waals surface area contributed by atoms with E-state index in [1.54, 1.807) is 41.8 Å². The van der Waals surface area contributed by atoms with Crippen LogP contribution in [0.15, 0.2) is 48.1 Å². The molecule has 0 radical (unpaired) electrons. The molecule has 4 heterocycles. The van der Waals surface area contributed by atoms with Crippen LogP contribution in [0.5, 0.6) is 0 Å². The van der Waals surface area contributed by atoms with Crippen LogP contribution in [-0.4, -0.2) is 25.8 Å². The number of hydrogen-bond donors (Lipinski definition) is 2. The summed E-state index contributed by atoms with van der Waals surface area (Å²) in [5.74, 6) is 0.858. The Balaban J connectivity index is 1.43. The van der Waals surface area contributed by atoms with Crippen molar-refractivity contribution in [3.05, 3.63) is 64.4 Å². The Morgan fingerprint density at radius 2 is 1.93 bits per heavy atom. The molecule has 4 rings (SSSR count). The van der Waals surface area contributed by atoms with E-state index in [0.29, 0.717) is 17.2 Å². The van der Waals surface area contributed by atoms with Crippen molar-refractivity contribution in [1.29, 1.82) is 0 Å². The molecule has 0 saturated carbocycles. The fraction of sp³-hybridized carbons (Fsp3) is 0.105. The molecule has 0 spiro atoms. The van der Waals surface area contributed by atoms with Gasteiger partial charge in [-0.3, -0.25) is 4.79 Å². The Morgan fingerprint density at radius 3 is 2.61 bits per heavy atom. The summed E-state index contributed by atoms with van der Waals surface area (Å²) in [4.78, 5) is 30.8. The van der Waals surface area contributed by atoms with Crippen molar-refractivity contribution in [3.8, 4) is 10.6 Å². The maximum absolute atomic E-state index is 12.3. The molecular weight excluding hydrogens is 392 g/mol. The van der Waals surface area contributed by atoms with Crippen molar-refractivity contribution in [3.63, 3.8) is 0 Å². The van der Waals surface area contributed by atoms with Crippen LogP contribution in [0.3, 0.4) is 0 Å². The van der Waals surface area contributed by atoms with E-state index in [0.717, 1.165) is 26.4 Å². The highest BCUT2D eigenvalue weighted by Crippen LogP contribution is 2.32. The van der Waals surface area contributed by atoms with E-state index in [9.17, 15) is 4.79 Å². The molecule has 0 atom stereocenters. The van der Waals surface area contributed by atoms with Gasteiger partial charge in [0.2, 0.25) is 0 Å². The summed E-state index contributed by atoms with van der Waals surface area (Å²) < 4.78 is 0.